The molecule has 1 aliphatic heterocycles. The molecule has 1 heterocycles. The van der Waals surface area contributed by atoms with Gasteiger partial charge in [-0.05, 0) is 41.0 Å². The van der Waals surface area contributed by atoms with Gasteiger partial charge in [-0.1, -0.05) is 42.5 Å². The van der Waals surface area contributed by atoms with Crippen molar-refractivity contribution in [3.05, 3.63) is 77.9 Å². The van der Waals surface area contributed by atoms with Crippen LogP contribution < -0.4 is 10.5 Å². The third kappa shape index (κ3) is 2.05. The van der Waals surface area contributed by atoms with E-state index >= 15 is 0 Å². The zero-order valence-electron chi connectivity index (χ0n) is 11.5. The van der Waals surface area contributed by atoms with Crippen LogP contribution >= 0.6 is 0 Å². The maximum atomic E-state index is 6.04. The first-order chi connectivity index (χ1) is 10.3. The van der Waals surface area contributed by atoms with E-state index in [4.69, 9.17) is 10.5 Å². The van der Waals surface area contributed by atoms with Gasteiger partial charge in [0.2, 0.25) is 0 Å². The first-order valence-electron chi connectivity index (χ1n) is 7.05. The van der Waals surface area contributed by atoms with Gasteiger partial charge in [0, 0.05) is 17.7 Å². The maximum Gasteiger partial charge on any atom is 0.131 e. The average molecular weight is 273 g/mol. The highest BCUT2D eigenvalue weighted by Crippen LogP contribution is 2.41. The summed E-state index contributed by atoms with van der Waals surface area (Å²) in [6.07, 6.45) is 0.885. The number of fused-ring (bicyclic) bond motifs is 2. The highest BCUT2D eigenvalue weighted by Gasteiger charge is 2.19. The fourth-order valence-electron chi connectivity index (χ4n) is 2.88. The number of benzene rings is 3. The van der Waals surface area contributed by atoms with Crippen LogP contribution in [0.3, 0.4) is 0 Å². The van der Waals surface area contributed by atoms with Gasteiger partial charge in [0.15, 0.2) is 0 Å². The second-order valence-electron chi connectivity index (χ2n) is 5.29. The summed E-state index contributed by atoms with van der Waals surface area (Å²) in [6, 6.07) is 22.4. The second-order valence-corrected chi connectivity index (χ2v) is 5.29. The molecule has 0 saturated carbocycles. The van der Waals surface area contributed by atoms with Gasteiger partial charge in [-0.3, -0.25) is 0 Å². The van der Waals surface area contributed by atoms with Crippen LogP contribution in [0.4, 0.5) is 5.69 Å². The molecule has 2 nitrogen and oxygen atoms in total. The molecule has 102 valence electrons. The average Bonchev–Trinajstić information content (AvgIpc) is 2.52. The largest absolute Gasteiger partial charge is 0.457 e. The molecule has 0 aliphatic carbocycles. The fourth-order valence-corrected chi connectivity index (χ4v) is 2.88. The van der Waals surface area contributed by atoms with Gasteiger partial charge in [0.1, 0.15) is 11.5 Å². The Bertz CT molecular complexity index is 823. The van der Waals surface area contributed by atoms with Crippen molar-refractivity contribution in [1.82, 2.24) is 0 Å². The number of para-hydroxylation sites is 1. The molecule has 0 fully saturated rings. The van der Waals surface area contributed by atoms with Crippen LogP contribution in [0, 0.1) is 0 Å². The van der Waals surface area contributed by atoms with Crippen LogP contribution in [0.1, 0.15) is 11.1 Å². The first kappa shape index (κ1) is 12.0. The van der Waals surface area contributed by atoms with E-state index in [0.29, 0.717) is 0 Å². The number of hydrogen-bond donors (Lipinski definition) is 1. The van der Waals surface area contributed by atoms with Gasteiger partial charge < -0.3 is 10.5 Å². The van der Waals surface area contributed by atoms with Gasteiger partial charge in [-0.25, -0.2) is 0 Å². The van der Waals surface area contributed by atoms with E-state index in [1.807, 2.05) is 42.5 Å². The Morgan fingerprint density at radius 3 is 2.52 bits per heavy atom. The number of ether oxygens (including phenoxy) is 1. The van der Waals surface area contributed by atoms with E-state index in [2.05, 4.69) is 24.3 Å². The molecule has 0 atom stereocenters. The van der Waals surface area contributed by atoms with Gasteiger partial charge >= 0.3 is 0 Å². The molecule has 1 aliphatic rings. The van der Waals surface area contributed by atoms with Crippen molar-refractivity contribution in [2.75, 3.05) is 5.73 Å². The summed E-state index contributed by atoms with van der Waals surface area (Å²) in [4.78, 5) is 0. The van der Waals surface area contributed by atoms with Crippen molar-refractivity contribution < 1.29 is 4.74 Å². The van der Waals surface area contributed by atoms with E-state index in [1.54, 1.807) is 0 Å². The van der Waals surface area contributed by atoms with Gasteiger partial charge in [0.05, 0.1) is 0 Å². The Morgan fingerprint density at radius 1 is 0.810 bits per heavy atom. The minimum atomic E-state index is 0.780. The number of rotatable bonds is 1. The topological polar surface area (TPSA) is 35.2 Å². The summed E-state index contributed by atoms with van der Waals surface area (Å²) in [5.74, 6) is 1.89. The molecular formula is C19H15NO. The van der Waals surface area contributed by atoms with Gasteiger partial charge in [0.25, 0.3) is 0 Å². The summed E-state index contributed by atoms with van der Waals surface area (Å²) < 4.78 is 6.04. The molecule has 2 N–H and O–H groups in total. The van der Waals surface area contributed by atoms with E-state index in [-0.39, 0.29) is 0 Å². The lowest BCUT2D eigenvalue weighted by atomic mass is 9.92. The van der Waals surface area contributed by atoms with Crippen molar-refractivity contribution in [3.63, 3.8) is 0 Å². The zero-order valence-corrected chi connectivity index (χ0v) is 11.5. The van der Waals surface area contributed by atoms with Crippen LogP contribution in [0.25, 0.3) is 11.1 Å². The monoisotopic (exact) mass is 273 g/mol. The molecule has 0 saturated heterocycles. The summed E-state index contributed by atoms with van der Waals surface area (Å²) >= 11 is 0. The number of nitrogen functional groups attached to an aromatic ring is 1. The van der Waals surface area contributed by atoms with Crippen LogP contribution in [0.2, 0.25) is 0 Å². The Balaban J connectivity index is 1.86. The van der Waals surface area contributed by atoms with Gasteiger partial charge in [-0.2, -0.15) is 0 Å². The highest BCUT2D eigenvalue weighted by atomic mass is 16.5. The van der Waals surface area contributed by atoms with E-state index in [1.165, 1.54) is 16.7 Å². The summed E-state index contributed by atoms with van der Waals surface area (Å²) in [5.41, 5.74) is 11.5. The molecule has 4 rings (SSSR count). The van der Waals surface area contributed by atoms with E-state index < -0.39 is 0 Å². The lowest BCUT2D eigenvalue weighted by Gasteiger charge is -2.22. The van der Waals surface area contributed by atoms with Crippen molar-refractivity contribution in [2.24, 2.45) is 0 Å². The quantitative estimate of drug-likeness (QED) is 0.513. The molecule has 0 unspecified atom stereocenters. The summed E-state index contributed by atoms with van der Waals surface area (Å²) in [5, 5.41) is 0. The minimum Gasteiger partial charge on any atom is -0.457 e. The van der Waals surface area contributed by atoms with Crippen molar-refractivity contribution >= 4 is 5.69 Å². The lowest BCUT2D eigenvalue weighted by Crippen LogP contribution is -2.04. The van der Waals surface area contributed by atoms with Crippen molar-refractivity contribution in [2.45, 2.75) is 6.42 Å². The Kier molecular flexibility index (Phi) is 2.68. The molecule has 0 spiro atoms. The third-order valence-electron chi connectivity index (χ3n) is 3.89. The second kappa shape index (κ2) is 4.67. The molecule has 2 heteroatoms. The standard InChI is InChI=1S/C19H15NO/c20-15-7-3-6-13(11-15)16-8-4-10-19-17(16)12-14-5-1-2-9-18(14)21-19/h1-11H,12,20H2. The molecule has 0 bridgehead atoms. The maximum absolute atomic E-state index is 6.04. The predicted molar refractivity (Wildman–Crippen MR) is 85.6 cm³/mol. The third-order valence-corrected chi connectivity index (χ3v) is 3.89. The number of nitrogens with two attached hydrogens (primary N) is 1. The Hall–Kier alpha value is -2.74. The number of hydrogen-bond acceptors (Lipinski definition) is 2. The van der Waals surface area contributed by atoms with Crippen molar-refractivity contribution in [3.8, 4) is 22.6 Å². The Labute approximate surface area is 123 Å². The zero-order chi connectivity index (χ0) is 14.2. The van der Waals surface area contributed by atoms with Crippen LogP contribution in [-0.4, -0.2) is 0 Å². The predicted octanol–water partition coefficient (Wildman–Crippen LogP) is 4.63. The lowest BCUT2D eigenvalue weighted by molar-refractivity contribution is 0.460. The highest BCUT2D eigenvalue weighted by molar-refractivity contribution is 5.74. The molecule has 3 aromatic rings. The molecule has 21 heavy (non-hydrogen) atoms. The van der Waals surface area contributed by atoms with Crippen LogP contribution in [-0.2, 0) is 6.42 Å². The molecule has 0 aromatic heterocycles. The molecule has 0 radical (unpaired) electrons. The Morgan fingerprint density at radius 2 is 1.62 bits per heavy atom. The molecular weight excluding hydrogens is 258 g/mol. The van der Waals surface area contributed by atoms with Crippen LogP contribution in [0.5, 0.6) is 11.5 Å². The normalized spacial score (nSPS) is 12.2. The summed E-state index contributed by atoms with van der Waals surface area (Å²) in [6.45, 7) is 0. The fraction of sp³-hybridized carbons (Fsp3) is 0.0526. The first-order valence-corrected chi connectivity index (χ1v) is 7.05. The number of anilines is 1. The minimum absolute atomic E-state index is 0.780. The SMILES string of the molecule is Nc1cccc(-c2cccc3c2Cc2ccccc2O3)c1. The van der Waals surface area contributed by atoms with E-state index in [0.717, 1.165) is 29.2 Å². The van der Waals surface area contributed by atoms with Crippen molar-refractivity contribution in [1.29, 1.82) is 0 Å². The van der Waals surface area contributed by atoms with E-state index in [9.17, 15) is 0 Å². The van der Waals surface area contributed by atoms with Crippen LogP contribution in [0.15, 0.2) is 66.7 Å². The smallest absolute Gasteiger partial charge is 0.131 e. The van der Waals surface area contributed by atoms with Gasteiger partial charge in [-0.15, -0.1) is 0 Å². The molecule has 0 amide bonds. The molecule has 3 aromatic carbocycles. The summed E-state index contributed by atoms with van der Waals surface area (Å²) in [7, 11) is 0.